The maximum atomic E-state index is 10.8. The van der Waals surface area contributed by atoms with E-state index in [0.29, 0.717) is 0 Å². The first kappa shape index (κ1) is 8.00. The van der Waals surface area contributed by atoms with Gasteiger partial charge in [0.05, 0.1) is 5.56 Å². The summed E-state index contributed by atoms with van der Waals surface area (Å²) in [6, 6.07) is 3.85. The Labute approximate surface area is 78.1 Å². The SMILES string of the molecule is Nc1nc(=O)[nH]cc1-c1cccs1. The van der Waals surface area contributed by atoms with Crippen LogP contribution in [0.4, 0.5) is 5.82 Å². The number of nitrogens with one attached hydrogen (secondary N) is 1. The molecule has 2 rings (SSSR count). The van der Waals surface area contributed by atoms with Crippen LogP contribution in [-0.2, 0) is 0 Å². The lowest BCUT2D eigenvalue weighted by atomic mass is 10.2. The first-order chi connectivity index (χ1) is 6.27. The summed E-state index contributed by atoms with van der Waals surface area (Å²) < 4.78 is 0. The van der Waals surface area contributed by atoms with Gasteiger partial charge < -0.3 is 10.7 Å². The van der Waals surface area contributed by atoms with Crippen molar-refractivity contribution in [2.24, 2.45) is 0 Å². The van der Waals surface area contributed by atoms with E-state index >= 15 is 0 Å². The second-order valence-corrected chi connectivity index (χ2v) is 3.43. The fourth-order valence-electron chi connectivity index (χ4n) is 1.04. The van der Waals surface area contributed by atoms with E-state index in [9.17, 15) is 4.79 Å². The molecule has 0 spiro atoms. The third kappa shape index (κ3) is 1.46. The van der Waals surface area contributed by atoms with Crippen molar-refractivity contribution in [2.75, 3.05) is 5.73 Å². The van der Waals surface area contributed by atoms with Gasteiger partial charge in [-0.3, -0.25) is 0 Å². The average molecular weight is 193 g/mol. The molecule has 0 aliphatic carbocycles. The van der Waals surface area contributed by atoms with Crippen molar-refractivity contribution >= 4 is 17.2 Å². The molecule has 0 aliphatic rings. The lowest BCUT2D eigenvalue weighted by Crippen LogP contribution is -2.12. The molecule has 0 fully saturated rings. The van der Waals surface area contributed by atoms with Crippen LogP contribution in [0.5, 0.6) is 0 Å². The Morgan fingerprint density at radius 1 is 1.54 bits per heavy atom. The number of H-pyrrole nitrogens is 1. The Morgan fingerprint density at radius 2 is 2.38 bits per heavy atom. The molecule has 0 aromatic carbocycles. The van der Waals surface area contributed by atoms with E-state index in [2.05, 4.69) is 9.97 Å². The first-order valence-corrected chi connectivity index (χ1v) is 4.54. The molecule has 0 radical (unpaired) electrons. The molecule has 0 bridgehead atoms. The van der Waals surface area contributed by atoms with E-state index in [1.807, 2.05) is 17.5 Å². The first-order valence-electron chi connectivity index (χ1n) is 3.66. The van der Waals surface area contributed by atoms with Crippen molar-refractivity contribution in [1.82, 2.24) is 9.97 Å². The molecular weight excluding hydrogens is 186 g/mol. The third-order valence-electron chi connectivity index (χ3n) is 1.62. The highest BCUT2D eigenvalue weighted by atomic mass is 32.1. The van der Waals surface area contributed by atoms with Gasteiger partial charge in [0, 0.05) is 11.1 Å². The summed E-state index contributed by atoms with van der Waals surface area (Å²) in [4.78, 5) is 17.9. The van der Waals surface area contributed by atoms with Crippen LogP contribution in [0.1, 0.15) is 0 Å². The van der Waals surface area contributed by atoms with E-state index in [0.717, 1.165) is 10.4 Å². The molecule has 4 nitrogen and oxygen atoms in total. The smallest absolute Gasteiger partial charge is 0.346 e. The summed E-state index contributed by atoms with van der Waals surface area (Å²) >= 11 is 1.55. The van der Waals surface area contributed by atoms with Gasteiger partial charge in [0.15, 0.2) is 0 Å². The number of anilines is 1. The van der Waals surface area contributed by atoms with Gasteiger partial charge in [-0.15, -0.1) is 11.3 Å². The van der Waals surface area contributed by atoms with Gasteiger partial charge in [0.1, 0.15) is 5.82 Å². The molecule has 0 unspecified atom stereocenters. The van der Waals surface area contributed by atoms with Gasteiger partial charge in [-0.05, 0) is 11.4 Å². The summed E-state index contributed by atoms with van der Waals surface area (Å²) in [5.41, 5.74) is 5.94. The zero-order valence-corrected chi connectivity index (χ0v) is 7.47. The fourth-order valence-corrected chi connectivity index (χ4v) is 1.79. The van der Waals surface area contributed by atoms with Crippen LogP contribution < -0.4 is 11.4 Å². The predicted octanol–water partition coefficient (Wildman–Crippen LogP) is 1.08. The van der Waals surface area contributed by atoms with Gasteiger partial charge >= 0.3 is 5.69 Å². The van der Waals surface area contributed by atoms with Gasteiger partial charge in [-0.2, -0.15) is 4.98 Å². The van der Waals surface area contributed by atoms with Crippen LogP contribution in [-0.4, -0.2) is 9.97 Å². The molecule has 66 valence electrons. The van der Waals surface area contributed by atoms with Crippen molar-refractivity contribution in [3.05, 3.63) is 34.2 Å². The molecule has 0 saturated carbocycles. The molecule has 2 aromatic rings. The largest absolute Gasteiger partial charge is 0.383 e. The quantitative estimate of drug-likeness (QED) is 0.711. The minimum Gasteiger partial charge on any atom is -0.383 e. The van der Waals surface area contributed by atoms with Crippen molar-refractivity contribution in [1.29, 1.82) is 0 Å². The van der Waals surface area contributed by atoms with E-state index < -0.39 is 5.69 Å². The Hall–Kier alpha value is -1.62. The fraction of sp³-hybridized carbons (Fsp3) is 0. The topological polar surface area (TPSA) is 71.8 Å². The van der Waals surface area contributed by atoms with Gasteiger partial charge in [-0.25, -0.2) is 4.79 Å². The highest BCUT2D eigenvalue weighted by molar-refractivity contribution is 7.13. The van der Waals surface area contributed by atoms with Crippen LogP contribution in [0.3, 0.4) is 0 Å². The number of hydrogen-bond acceptors (Lipinski definition) is 4. The molecule has 0 saturated heterocycles. The standard InChI is InChI=1S/C8H7N3OS/c9-7-5(4-10-8(12)11-7)6-2-1-3-13-6/h1-4H,(H3,9,10,11,12). The maximum absolute atomic E-state index is 10.8. The Bertz CT molecular complexity index is 460. The molecule has 0 atom stereocenters. The summed E-state index contributed by atoms with van der Waals surface area (Å²) in [7, 11) is 0. The van der Waals surface area contributed by atoms with Crippen LogP contribution in [0, 0.1) is 0 Å². The summed E-state index contributed by atoms with van der Waals surface area (Å²) in [5, 5.41) is 1.94. The predicted molar refractivity (Wildman–Crippen MR) is 52.6 cm³/mol. The summed E-state index contributed by atoms with van der Waals surface area (Å²) in [6.07, 6.45) is 1.58. The molecule has 2 heterocycles. The van der Waals surface area contributed by atoms with E-state index in [1.165, 1.54) is 0 Å². The molecule has 3 N–H and O–H groups in total. The average Bonchev–Trinajstić information content (AvgIpc) is 2.56. The number of hydrogen-bond donors (Lipinski definition) is 2. The lowest BCUT2D eigenvalue weighted by Gasteiger charge is -1.98. The molecule has 13 heavy (non-hydrogen) atoms. The normalized spacial score (nSPS) is 10.2. The number of nitrogens with zero attached hydrogens (tertiary/aromatic N) is 1. The minimum atomic E-state index is -0.419. The van der Waals surface area contributed by atoms with E-state index in [4.69, 9.17) is 5.73 Å². The van der Waals surface area contributed by atoms with Crippen molar-refractivity contribution in [3.63, 3.8) is 0 Å². The monoisotopic (exact) mass is 193 g/mol. The Kier molecular flexibility index (Phi) is 1.86. The Balaban J connectivity index is 2.60. The maximum Gasteiger partial charge on any atom is 0.346 e. The zero-order chi connectivity index (χ0) is 9.26. The number of nitrogen functional groups attached to an aromatic ring is 1. The van der Waals surface area contributed by atoms with Crippen LogP contribution in [0.2, 0.25) is 0 Å². The number of aromatic amines is 1. The number of thiophene rings is 1. The lowest BCUT2D eigenvalue weighted by molar-refractivity contribution is 1.09. The van der Waals surface area contributed by atoms with Gasteiger partial charge in [-0.1, -0.05) is 6.07 Å². The second-order valence-electron chi connectivity index (χ2n) is 2.48. The van der Waals surface area contributed by atoms with E-state index in [1.54, 1.807) is 17.5 Å². The molecular formula is C8H7N3OS. The summed E-state index contributed by atoms with van der Waals surface area (Å²) in [6.45, 7) is 0. The number of nitrogens with two attached hydrogens (primary N) is 1. The molecule has 0 amide bonds. The van der Waals surface area contributed by atoms with Crippen LogP contribution >= 0.6 is 11.3 Å². The van der Waals surface area contributed by atoms with E-state index in [-0.39, 0.29) is 5.82 Å². The molecule has 2 aromatic heterocycles. The van der Waals surface area contributed by atoms with Crippen LogP contribution in [0.25, 0.3) is 10.4 Å². The van der Waals surface area contributed by atoms with Crippen LogP contribution in [0.15, 0.2) is 28.5 Å². The van der Waals surface area contributed by atoms with Crippen molar-refractivity contribution in [2.45, 2.75) is 0 Å². The third-order valence-corrected chi connectivity index (χ3v) is 2.53. The zero-order valence-electron chi connectivity index (χ0n) is 6.65. The minimum absolute atomic E-state index is 0.270. The molecule has 0 aliphatic heterocycles. The summed E-state index contributed by atoms with van der Waals surface area (Å²) in [5.74, 6) is 0.270. The van der Waals surface area contributed by atoms with Gasteiger partial charge in [0.25, 0.3) is 0 Å². The number of aromatic nitrogens is 2. The second kappa shape index (κ2) is 3.02. The highest BCUT2D eigenvalue weighted by Gasteiger charge is 2.04. The number of rotatable bonds is 1. The molecule has 5 heteroatoms. The Morgan fingerprint density at radius 3 is 3.00 bits per heavy atom. The highest BCUT2D eigenvalue weighted by Crippen LogP contribution is 2.26. The van der Waals surface area contributed by atoms with Gasteiger partial charge in [0.2, 0.25) is 0 Å². The van der Waals surface area contributed by atoms with Crippen molar-refractivity contribution in [3.8, 4) is 10.4 Å². The van der Waals surface area contributed by atoms with Crippen molar-refractivity contribution < 1.29 is 0 Å².